The first kappa shape index (κ1) is 19.5. The Morgan fingerprint density at radius 2 is 1.81 bits per heavy atom. The first-order valence-corrected chi connectivity index (χ1v) is 9.46. The van der Waals surface area contributed by atoms with E-state index in [9.17, 15) is 9.59 Å². The highest BCUT2D eigenvalue weighted by molar-refractivity contribution is 6.42. The molecule has 0 saturated heterocycles. The molecule has 0 aliphatic heterocycles. The van der Waals surface area contributed by atoms with Gasteiger partial charge in [0.2, 0.25) is 5.91 Å². The van der Waals surface area contributed by atoms with Crippen LogP contribution in [0.25, 0.3) is 10.9 Å². The number of anilines is 1. The lowest BCUT2D eigenvalue weighted by atomic mass is 10.0. The van der Waals surface area contributed by atoms with Crippen LogP contribution >= 0.6 is 23.2 Å². The third-order valence-corrected chi connectivity index (χ3v) is 5.41. The molecule has 0 radical (unpaired) electrons. The van der Waals surface area contributed by atoms with Crippen LogP contribution in [0.4, 0.5) is 5.69 Å². The fourth-order valence-electron chi connectivity index (χ4n) is 3.33. The van der Waals surface area contributed by atoms with Gasteiger partial charge in [-0.15, -0.1) is 0 Å². The van der Waals surface area contributed by atoms with E-state index in [-0.39, 0.29) is 11.5 Å². The molecule has 3 aromatic rings. The smallest absolute Gasteiger partial charge is 0.252 e. The van der Waals surface area contributed by atoms with Crippen LogP contribution in [0.1, 0.15) is 30.5 Å². The summed E-state index contributed by atoms with van der Waals surface area (Å²) in [6, 6.07) is 11.7. The quantitative estimate of drug-likeness (QED) is 0.624. The summed E-state index contributed by atoms with van der Waals surface area (Å²) in [5.41, 5.74) is 2.99. The molecule has 1 N–H and O–H groups in total. The standard InChI is InChI=1S/C21H20Cl2N2O2/c1-4-18(21(27)24-14-8-9-16(22)17(23)11-14)25-19(26)10-13(3)15-7-5-6-12(2)20(15)25/h5-11,18H,4H2,1-3H3,(H,24,27). The number of rotatable bonds is 4. The van der Waals surface area contributed by atoms with E-state index in [2.05, 4.69) is 5.32 Å². The molecule has 6 heteroatoms. The second kappa shape index (κ2) is 7.75. The van der Waals surface area contributed by atoms with Gasteiger partial charge >= 0.3 is 0 Å². The Morgan fingerprint density at radius 1 is 1.07 bits per heavy atom. The number of nitrogens with zero attached hydrogens (tertiary/aromatic N) is 1. The summed E-state index contributed by atoms with van der Waals surface area (Å²) in [4.78, 5) is 25.8. The first-order chi connectivity index (χ1) is 12.8. The molecule has 1 heterocycles. The Bertz CT molecular complexity index is 1090. The Morgan fingerprint density at radius 3 is 2.48 bits per heavy atom. The van der Waals surface area contributed by atoms with Crippen molar-refractivity contribution in [3.05, 3.63) is 74.0 Å². The van der Waals surface area contributed by atoms with Crippen molar-refractivity contribution in [1.29, 1.82) is 0 Å². The molecule has 0 bridgehead atoms. The number of hydrogen-bond acceptors (Lipinski definition) is 2. The van der Waals surface area contributed by atoms with Crippen molar-refractivity contribution in [2.24, 2.45) is 0 Å². The number of benzene rings is 2. The van der Waals surface area contributed by atoms with Crippen molar-refractivity contribution in [3.8, 4) is 0 Å². The summed E-state index contributed by atoms with van der Waals surface area (Å²) in [6.45, 7) is 5.74. The lowest BCUT2D eigenvalue weighted by Gasteiger charge is -2.22. The normalized spacial score (nSPS) is 12.2. The van der Waals surface area contributed by atoms with Gasteiger partial charge < -0.3 is 5.32 Å². The molecule has 0 saturated carbocycles. The van der Waals surface area contributed by atoms with Crippen LogP contribution in [0.2, 0.25) is 10.0 Å². The molecule has 0 spiro atoms. The minimum atomic E-state index is -0.642. The van der Waals surface area contributed by atoms with E-state index in [1.807, 2.05) is 39.0 Å². The zero-order valence-corrected chi connectivity index (χ0v) is 16.9. The lowest BCUT2D eigenvalue weighted by molar-refractivity contribution is -0.119. The number of halogens is 2. The second-order valence-electron chi connectivity index (χ2n) is 6.55. The van der Waals surface area contributed by atoms with Gasteiger partial charge in [-0.25, -0.2) is 0 Å². The highest BCUT2D eigenvalue weighted by Gasteiger charge is 2.23. The largest absolute Gasteiger partial charge is 0.324 e. The molecule has 0 fully saturated rings. The molecule has 1 aromatic heterocycles. The summed E-state index contributed by atoms with van der Waals surface area (Å²) in [6.07, 6.45) is 0.472. The zero-order chi connectivity index (χ0) is 19.7. The third-order valence-electron chi connectivity index (χ3n) is 4.67. The number of amides is 1. The number of carbonyl (C=O) groups excluding carboxylic acids is 1. The number of aryl methyl sites for hydroxylation is 2. The fraction of sp³-hybridized carbons (Fsp3) is 0.238. The second-order valence-corrected chi connectivity index (χ2v) is 7.36. The third kappa shape index (κ3) is 3.73. The van der Waals surface area contributed by atoms with Gasteiger partial charge in [-0.3, -0.25) is 14.2 Å². The predicted molar refractivity (Wildman–Crippen MR) is 112 cm³/mol. The average Bonchev–Trinajstić information content (AvgIpc) is 2.62. The number of nitrogens with one attached hydrogen (secondary N) is 1. The van der Waals surface area contributed by atoms with Crippen LogP contribution in [-0.2, 0) is 4.79 Å². The molecule has 0 aliphatic rings. The molecule has 2 aromatic carbocycles. The van der Waals surface area contributed by atoms with Crippen LogP contribution < -0.4 is 10.9 Å². The molecule has 27 heavy (non-hydrogen) atoms. The van der Waals surface area contributed by atoms with E-state index in [0.717, 1.165) is 22.0 Å². The van der Waals surface area contributed by atoms with E-state index >= 15 is 0 Å². The zero-order valence-electron chi connectivity index (χ0n) is 15.3. The van der Waals surface area contributed by atoms with Crippen molar-refractivity contribution in [1.82, 2.24) is 4.57 Å². The Labute approximate surface area is 167 Å². The predicted octanol–water partition coefficient (Wildman–Crippen LogP) is 5.51. The van der Waals surface area contributed by atoms with Crippen molar-refractivity contribution >= 4 is 45.7 Å². The molecule has 3 rings (SSSR count). The lowest BCUT2D eigenvalue weighted by Crippen LogP contribution is -2.33. The number of aromatic nitrogens is 1. The summed E-state index contributed by atoms with van der Waals surface area (Å²) >= 11 is 12.0. The number of fused-ring (bicyclic) bond motifs is 1. The van der Waals surface area contributed by atoms with Gasteiger partial charge in [-0.1, -0.05) is 48.3 Å². The van der Waals surface area contributed by atoms with Crippen molar-refractivity contribution in [3.63, 3.8) is 0 Å². The van der Waals surface area contributed by atoms with Gasteiger partial charge in [0.15, 0.2) is 0 Å². The maximum atomic E-state index is 13.0. The van der Waals surface area contributed by atoms with E-state index < -0.39 is 6.04 Å². The molecular weight excluding hydrogens is 383 g/mol. The molecule has 0 aliphatic carbocycles. The molecule has 140 valence electrons. The minimum absolute atomic E-state index is 0.189. The maximum absolute atomic E-state index is 13.0. The number of carbonyl (C=O) groups is 1. The summed E-state index contributed by atoms with van der Waals surface area (Å²) < 4.78 is 1.59. The van der Waals surface area contributed by atoms with Crippen LogP contribution in [0.3, 0.4) is 0 Å². The van der Waals surface area contributed by atoms with Crippen LogP contribution in [0.15, 0.2) is 47.3 Å². The van der Waals surface area contributed by atoms with Gasteiger partial charge in [0.1, 0.15) is 6.04 Å². The highest BCUT2D eigenvalue weighted by Crippen LogP contribution is 2.27. The van der Waals surface area contributed by atoms with Gasteiger partial charge in [0.25, 0.3) is 5.56 Å². The van der Waals surface area contributed by atoms with Gasteiger partial charge in [-0.2, -0.15) is 0 Å². The fourth-order valence-corrected chi connectivity index (χ4v) is 3.63. The van der Waals surface area contributed by atoms with E-state index in [1.165, 1.54) is 0 Å². The van der Waals surface area contributed by atoms with Crippen LogP contribution in [0.5, 0.6) is 0 Å². The highest BCUT2D eigenvalue weighted by atomic mass is 35.5. The number of hydrogen-bond donors (Lipinski definition) is 1. The Balaban J connectivity index is 2.09. The Kier molecular flexibility index (Phi) is 5.59. The minimum Gasteiger partial charge on any atom is -0.324 e. The van der Waals surface area contributed by atoms with E-state index in [4.69, 9.17) is 23.2 Å². The van der Waals surface area contributed by atoms with Crippen molar-refractivity contribution in [2.75, 3.05) is 5.32 Å². The Hall–Kier alpha value is -2.30. The summed E-state index contributed by atoms with van der Waals surface area (Å²) in [5.74, 6) is -0.272. The van der Waals surface area contributed by atoms with Crippen LogP contribution in [0, 0.1) is 13.8 Å². The van der Waals surface area contributed by atoms with Crippen LogP contribution in [-0.4, -0.2) is 10.5 Å². The van der Waals surface area contributed by atoms with Gasteiger partial charge in [0.05, 0.1) is 15.6 Å². The van der Waals surface area contributed by atoms with Crippen molar-refractivity contribution in [2.45, 2.75) is 33.2 Å². The van der Waals surface area contributed by atoms with Gasteiger partial charge in [0, 0.05) is 17.1 Å². The first-order valence-electron chi connectivity index (χ1n) is 8.71. The topological polar surface area (TPSA) is 51.1 Å². The van der Waals surface area contributed by atoms with Gasteiger partial charge in [-0.05, 0) is 49.6 Å². The van der Waals surface area contributed by atoms with E-state index in [0.29, 0.717) is 22.2 Å². The number of para-hydroxylation sites is 1. The van der Waals surface area contributed by atoms with Crippen molar-refractivity contribution < 1.29 is 4.79 Å². The van der Waals surface area contributed by atoms with E-state index in [1.54, 1.807) is 28.8 Å². The molecule has 4 nitrogen and oxygen atoms in total. The molecule has 1 amide bonds. The maximum Gasteiger partial charge on any atom is 0.252 e. The summed E-state index contributed by atoms with van der Waals surface area (Å²) in [7, 11) is 0. The SMILES string of the molecule is CCC(C(=O)Nc1ccc(Cl)c(Cl)c1)n1c(=O)cc(C)c2cccc(C)c21. The monoisotopic (exact) mass is 402 g/mol. The summed E-state index contributed by atoms with van der Waals surface area (Å²) in [5, 5.41) is 4.58. The molecular formula is C21H20Cl2N2O2. The molecule has 1 atom stereocenters. The average molecular weight is 403 g/mol. The number of pyridine rings is 1. The molecule has 1 unspecified atom stereocenters.